The lowest BCUT2D eigenvalue weighted by Gasteiger charge is -2.18. The largest absolute Gasteiger partial charge is 0.305 e. The fourth-order valence-corrected chi connectivity index (χ4v) is 0.928. The molecule has 1 rings (SSSR count). The zero-order valence-corrected chi connectivity index (χ0v) is 8.91. The van der Waals surface area contributed by atoms with E-state index in [1.165, 1.54) is 0 Å². The molecule has 1 N–H and O–H groups in total. The molecule has 4 heteroatoms. The van der Waals surface area contributed by atoms with Crippen molar-refractivity contribution >= 4 is 0 Å². The predicted molar refractivity (Wildman–Crippen MR) is 55.4 cm³/mol. The van der Waals surface area contributed by atoms with E-state index in [-0.39, 0.29) is 5.54 Å². The van der Waals surface area contributed by atoms with Gasteiger partial charge in [0, 0.05) is 5.54 Å². The van der Waals surface area contributed by atoms with Gasteiger partial charge in [-0.15, -0.1) is 6.42 Å². The summed E-state index contributed by atoms with van der Waals surface area (Å²) < 4.78 is 1.65. The average Bonchev–Trinajstić information content (AvgIpc) is 2.49. The van der Waals surface area contributed by atoms with E-state index in [0.29, 0.717) is 13.1 Å². The maximum Gasteiger partial charge on any atom is 0.164 e. The Morgan fingerprint density at radius 3 is 2.86 bits per heavy atom. The van der Waals surface area contributed by atoms with Gasteiger partial charge in [0.15, 0.2) is 5.82 Å². The summed E-state index contributed by atoms with van der Waals surface area (Å²) in [5.74, 6) is 3.28. The first kappa shape index (κ1) is 10.7. The quantitative estimate of drug-likeness (QED) is 0.720. The predicted octanol–water partition coefficient (Wildman–Crippen LogP) is 0.799. The molecule has 0 unspecified atom stereocenters. The fraction of sp³-hybridized carbons (Fsp3) is 0.600. The summed E-state index contributed by atoms with van der Waals surface area (Å²) in [5, 5.41) is 7.51. The molecule has 1 heterocycles. The fourth-order valence-electron chi connectivity index (χ4n) is 0.928. The van der Waals surface area contributed by atoms with Gasteiger partial charge in [-0.1, -0.05) is 5.92 Å². The molecule has 0 aromatic carbocycles. The molecule has 1 aromatic rings. The number of nitrogens with zero attached hydrogens (tertiary/aromatic N) is 3. The van der Waals surface area contributed by atoms with Crippen molar-refractivity contribution < 1.29 is 0 Å². The molecule has 0 aliphatic carbocycles. The molecule has 0 bridgehead atoms. The number of rotatable bonds is 3. The van der Waals surface area contributed by atoms with Crippen LogP contribution >= 0.6 is 0 Å². The molecular weight excluding hydrogens is 176 g/mol. The van der Waals surface area contributed by atoms with Gasteiger partial charge in [0.25, 0.3) is 0 Å². The van der Waals surface area contributed by atoms with Crippen molar-refractivity contribution in [1.29, 1.82) is 0 Å². The molecule has 4 nitrogen and oxygen atoms in total. The molecule has 0 saturated carbocycles. The highest BCUT2D eigenvalue weighted by Crippen LogP contribution is 2.00. The number of hydrogen-bond acceptors (Lipinski definition) is 3. The van der Waals surface area contributed by atoms with E-state index in [1.807, 2.05) is 0 Å². The van der Waals surface area contributed by atoms with Crippen molar-refractivity contribution in [2.24, 2.45) is 0 Å². The highest BCUT2D eigenvalue weighted by Gasteiger charge is 2.09. The van der Waals surface area contributed by atoms with Crippen molar-refractivity contribution in [1.82, 2.24) is 20.1 Å². The Morgan fingerprint density at radius 1 is 1.57 bits per heavy atom. The zero-order valence-electron chi connectivity index (χ0n) is 8.91. The lowest BCUT2D eigenvalue weighted by molar-refractivity contribution is 0.417. The van der Waals surface area contributed by atoms with Crippen molar-refractivity contribution in [3.05, 3.63) is 12.2 Å². The van der Waals surface area contributed by atoms with Crippen LogP contribution in [0, 0.1) is 12.3 Å². The lowest BCUT2D eigenvalue weighted by atomic mass is 10.1. The van der Waals surface area contributed by atoms with Crippen molar-refractivity contribution in [2.75, 3.05) is 0 Å². The number of aromatic nitrogens is 3. The minimum absolute atomic E-state index is 0.0809. The molecule has 76 valence electrons. The Hall–Kier alpha value is -1.34. The van der Waals surface area contributed by atoms with E-state index in [4.69, 9.17) is 6.42 Å². The minimum atomic E-state index is 0.0809. The van der Waals surface area contributed by atoms with E-state index in [9.17, 15) is 0 Å². The maximum atomic E-state index is 5.16. The molecule has 1 aromatic heterocycles. The van der Waals surface area contributed by atoms with E-state index in [1.54, 1.807) is 11.0 Å². The molecule has 14 heavy (non-hydrogen) atoms. The van der Waals surface area contributed by atoms with Crippen LogP contribution in [0.2, 0.25) is 0 Å². The molecule has 0 radical (unpaired) electrons. The summed E-state index contributed by atoms with van der Waals surface area (Å²) in [6.45, 7) is 7.45. The molecule has 0 aliphatic rings. The van der Waals surface area contributed by atoms with E-state index in [2.05, 4.69) is 42.1 Å². The van der Waals surface area contributed by atoms with Crippen LogP contribution in [0.4, 0.5) is 0 Å². The summed E-state index contributed by atoms with van der Waals surface area (Å²) in [7, 11) is 0. The van der Waals surface area contributed by atoms with Gasteiger partial charge in [-0.25, -0.2) is 9.67 Å². The van der Waals surface area contributed by atoms with Gasteiger partial charge in [0.1, 0.15) is 12.9 Å². The summed E-state index contributed by atoms with van der Waals surface area (Å²) in [6, 6.07) is 0. The van der Waals surface area contributed by atoms with Gasteiger partial charge in [-0.2, -0.15) is 5.10 Å². The number of hydrogen-bond donors (Lipinski definition) is 1. The third kappa shape index (κ3) is 3.58. The van der Waals surface area contributed by atoms with E-state index >= 15 is 0 Å². The Bertz CT molecular complexity index is 327. The van der Waals surface area contributed by atoms with Gasteiger partial charge < -0.3 is 5.32 Å². The van der Waals surface area contributed by atoms with Crippen LogP contribution in [0.1, 0.15) is 26.6 Å². The monoisotopic (exact) mass is 192 g/mol. The third-order valence-electron chi connectivity index (χ3n) is 1.61. The normalized spacial score (nSPS) is 11.3. The Kier molecular flexibility index (Phi) is 3.26. The second-order valence-corrected chi connectivity index (χ2v) is 4.17. The minimum Gasteiger partial charge on any atom is -0.305 e. The highest BCUT2D eigenvalue weighted by molar-refractivity contribution is 4.88. The van der Waals surface area contributed by atoms with E-state index < -0.39 is 0 Å². The molecule has 0 spiro atoms. The Morgan fingerprint density at radius 2 is 2.29 bits per heavy atom. The second kappa shape index (κ2) is 4.25. The van der Waals surface area contributed by atoms with Crippen LogP contribution in [0.5, 0.6) is 0 Å². The average molecular weight is 192 g/mol. The zero-order chi connectivity index (χ0) is 10.6. The van der Waals surface area contributed by atoms with Crippen LogP contribution in [0.15, 0.2) is 6.33 Å². The smallest absolute Gasteiger partial charge is 0.164 e. The second-order valence-electron chi connectivity index (χ2n) is 4.17. The van der Waals surface area contributed by atoms with E-state index in [0.717, 1.165) is 5.82 Å². The van der Waals surface area contributed by atoms with Crippen molar-refractivity contribution in [3.63, 3.8) is 0 Å². The third-order valence-corrected chi connectivity index (χ3v) is 1.61. The number of nitrogens with one attached hydrogen (secondary N) is 1. The van der Waals surface area contributed by atoms with Crippen LogP contribution in [-0.2, 0) is 13.1 Å². The Balaban J connectivity index is 2.49. The first-order valence-corrected chi connectivity index (χ1v) is 4.58. The molecular formula is C10H16N4. The van der Waals surface area contributed by atoms with Crippen LogP contribution in [-0.4, -0.2) is 20.3 Å². The first-order valence-electron chi connectivity index (χ1n) is 4.58. The maximum absolute atomic E-state index is 5.16. The topological polar surface area (TPSA) is 42.7 Å². The molecule has 0 atom stereocenters. The standard InChI is InChI=1S/C10H16N4/c1-5-6-14-8-11-9(13-14)7-12-10(2,3)4/h1,8,12H,6-7H2,2-4H3. The van der Waals surface area contributed by atoms with Gasteiger partial charge in [-0.05, 0) is 20.8 Å². The molecule has 0 aliphatic heterocycles. The number of terminal acetylenes is 1. The van der Waals surface area contributed by atoms with Gasteiger partial charge in [0.2, 0.25) is 0 Å². The SMILES string of the molecule is C#CCn1cnc(CNC(C)(C)C)n1. The molecule has 0 amide bonds. The summed E-state index contributed by atoms with van der Waals surface area (Å²) in [5.41, 5.74) is 0.0809. The van der Waals surface area contributed by atoms with Crippen LogP contribution in [0.25, 0.3) is 0 Å². The summed E-state index contributed by atoms with van der Waals surface area (Å²) >= 11 is 0. The first-order chi connectivity index (χ1) is 6.51. The summed E-state index contributed by atoms with van der Waals surface area (Å²) in [6.07, 6.45) is 6.81. The molecule has 0 saturated heterocycles. The van der Waals surface area contributed by atoms with Crippen molar-refractivity contribution in [3.8, 4) is 12.3 Å². The van der Waals surface area contributed by atoms with Crippen LogP contribution in [0.3, 0.4) is 0 Å². The van der Waals surface area contributed by atoms with Gasteiger partial charge in [-0.3, -0.25) is 0 Å². The van der Waals surface area contributed by atoms with Gasteiger partial charge in [0.05, 0.1) is 6.54 Å². The van der Waals surface area contributed by atoms with Crippen molar-refractivity contribution in [2.45, 2.75) is 39.4 Å². The lowest BCUT2D eigenvalue weighted by Crippen LogP contribution is -2.35. The van der Waals surface area contributed by atoms with Gasteiger partial charge >= 0.3 is 0 Å². The molecule has 0 fully saturated rings. The Labute approximate surface area is 84.7 Å². The highest BCUT2D eigenvalue weighted by atomic mass is 15.3. The van der Waals surface area contributed by atoms with Crippen LogP contribution < -0.4 is 5.32 Å². The summed E-state index contributed by atoms with van der Waals surface area (Å²) in [4.78, 5) is 4.13.